The molecule has 0 unspecified atom stereocenters. The van der Waals surface area contributed by atoms with Gasteiger partial charge in [-0.25, -0.2) is 9.88 Å². The van der Waals surface area contributed by atoms with Gasteiger partial charge in [-0.3, -0.25) is 19.0 Å². The molecule has 0 N–H and O–H groups in total. The molecule has 0 atom stereocenters. The van der Waals surface area contributed by atoms with E-state index in [2.05, 4.69) is 4.98 Å². The highest BCUT2D eigenvalue weighted by Crippen LogP contribution is 2.29. The van der Waals surface area contributed by atoms with Crippen LogP contribution in [0.3, 0.4) is 0 Å². The quantitative estimate of drug-likeness (QED) is 0.679. The van der Waals surface area contributed by atoms with Crippen molar-refractivity contribution in [3.05, 3.63) is 70.3 Å². The summed E-state index contributed by atoms with van der Waals surface area (Å²) in [4.78, 5) is 42.7. The van der Waals surface area contributed by atoms with Crippen LogP contribution < -0.4 is 10.5 Å². The third-order valence-electron chi connectivity index (χ3n) is 4.20. The van der Waals surface area contributed by atoms with Gasteiger partial charge in [-0.1, -0.05) is 12.1 Å². The number of carbonyl (C=O) groups is 2. The van der Waals surface area contributed by atoms with Crippen molar-refractivity contribution in [3.63, 3.8) is 0 Å². The number of aromatic nitrogens is 2. The summed E-state index contributed by atoms with van der Waals surface area (Å²) in [6, 6.07) is 11.5. The number of anilines is 1. The number of hydrogen-bond acceptors (Lipinski definition) is 4. The Labute approximate surface area is 137 Å². The first-order chi connectivity index (χ1) is 11.6. The molecule has 0 spiro atoms. The number of nitrogens with zero attached hydrogens (tertiary/aromatic N) is 3. The maximum atomic E-state index is 12.5. The molecule has 0 saturated carbocycles. The Morgan fingerprint density at radius 2 is 1.62 bits per heavy atom. The predicted molar refractivity (Wildman–Crippen MR) is 89.3 cm³/mol. The van der Waals surface area contributed by atoms with E-state index in [9.17, 15) is 14.4 Å². The predicted octanol–water partition coefficient (Wildman–Crippen LogP) is 2.22. The van der Waals surface area contributed by atoms with E-state index in [0.717, 1.165) is 4.90 Å². The van der Waals surface area contributed by atoms with Gasteiger partial charge in [0.1, 0.15) is 0 Å². The van der Waals surface area contributed by atoms with Crippen molar-refractivity contribution in [2.24, 2.45) is 0 Å². The van der Waals surface area contributed by atoms with Gasteiger partial charge in [0.25, 0.3) is 17.4 Å². The molecule has 6 nitrogen and oxygen atoms in total. The first kappa shape index (κ1) is 14.3. The number of fused-ring (bicyclic) bond motifs is 2. The maximum Gasteiger partial charge on any atom is 0.266 e. The Morgan fingerprint density at radius 1 is 0.958 bits per heavy atom. The molecule has 0 aliphatic carbocycles. The highest BCUT2D eigenvalue weighted by Gasteiger charge is 2.36. The third-order valence-corrected chi connectivity index (χ3v) is 4.20. The molecule has 2 heterocycles. The molecule has 118 valence electrons. The number of benzene rings is 2. The van der Waals surface area contributed by atoms with E-state index in [0.29, 0.717) is 34.3 Å². The van der Waals surface area contributed by atoms with Crippen molar-refractivity contribution in [2.45, 2.75) is 13.5 Å². The molecular formula is C18H13N3O3. The van der Waals surface area contributed by atoms with Gasteiger partial charge in [-0.15, -0.1) is 0 Å². The third kappa shape index (κ3) is 1.89. The van der Waals surface area contributed by atoms with Crippen molar-refractivity contribution >= 4 is 28.4 Å². The number of hydrogen-bond donors (Lipinski definition) is 0. The lowest BCUT2D eigenvalue weighted by Crippen LogP contribution is -2.29. The van der Waals surface area contributed by atoms with E-state index < -0.39 is 0 Å². The van der Waals surface area contributed by atoms with Gasteiger partial charge in [0.2, 0.25) is 0 Å². The fourth-order valence-electron chi connectivity index (χ4n) is 2.93. The van der Waals surface area contributed by atoms with Gasteiger partial charge < -0.3 is 0 Å². The normalized spacial score (nSPS) is 13.6. The summed E-state index contributed by atoms with van der Waals surface area (Å²) in [5, 5.41) is 0.458. The van der Waals surface area contributed by atoms with Gasteiger partial charge in [0, 0.05) is 6.54 Å². The highest BCUT2D eigenvalue weighted by atomic mass is 16.2. The van der Waals surface area contributed by atoms with Gasteiger partial charge in [-0.2, -0.15) is 0 Å². The molecule has 1 aromatic heterocycles. The minimum atomic E-state index is -0.364. The number of amides is 2. The average Bonchev–Trinajstić information content (AvgIpc) is 2.86. The zero-order valence-corrected chi connectivity index (χ0v) is 12.9. The van der Waals surface area contributed by atoms with Crippen LogP contribution >= 0.6 is 0 Å². The molecule has 1 aliphatic rings. The second kappa shape index (κ2) is 5.13. The summed E-state index contributed by atoms with van der Waals surface area (Å²) in [7, 11) is 0. The molecule has 0 bridgehead atoms. The molecule has 0 radical (unpaired) electrons. The van der Waals surface area contributed by atoms with E-state index in [1.165, 1.54) is 10.9 Å². The SMILES string of the molecule is CCn1cnc2cc(N3C(=O)c4ccccc4C3=O)ccc2c1=O. The molecule has 24 heavy (non-hydrogen) atoms. The van der Waals surface area contributed by atoms with E-state index in [1.807, 2.05) is 6.92 Å². The highest BCUT2D eigenvalue weighted by molar-refractivity contribution is 6.34. The van der Waals surface area contributed by atoms with E-state index in [-0.39, 0.29) is 17.4 Å². The van der Waals surface area contributed by atoms with Crippen LogP contribution in [0.1, 0.15) is 27.6 Å². The Morgan fingerprint density at radius 3 is 2.25 bits per heavy atom. The first-order valence-corrected chi connectivity index (χ1v) is 7.59. The summed E-state index contributed by atoms with van der Waals surface area (Å²) in [6.45, 7) is 2.39. The standard InChI is InChI=1S/C18H13N3O3/c1-2-20-10-19-15-9-11(7-8-14(15)16(20)22)21-17(23)12-5-3-4-6-13(12)18(21)24/h3-10H,2H2,1H3. The minimum Gasteiger partial charge on any atom is -0.299 e. The first-order valence-electron chi connectivity index (χ1n) is 7.59. The molecule has 0 fully saturated rings. The molecule has 3 aromatic rings. The van der Waals surface area contributed by atoms with Crippen LogP contribution in [0.4, 0.5) is 5.69 Å². The lowest BCUT2D eigenvalue weighted by atomic mass is 10.1. The zero-order valence-electron chi connectivity index (χ0n) is 12.9. The second-order valence-corrected chi connectivity index (χ2v) is 5.53. The molecule has 4 rings (SSSR count). The van der Waals surface area contributed by atoms with E-state index in [1.54, 1.807) is 42.5 Å². The van der Waals surface area contributed by atoms with E-state index >= 15 is 0 Å². The monoisotopic (exact) mass is 319 g/mol. The lowest BCUT2D eigenvalue weighted by Gasteiger charge is -2.14. The number of rotatable bonds is 2. The molecular weight excluding hydrogens is 306 g/mol. The van der Waals surface area contributed by atoms with Crippen LogP contribution in [0.5, 0.6) is 0 Å². The lowest BCUT2D eigenvalue weighted by molar-refractivity contribution is 0.0926. The van der Waals surface area contributed by atoms with Crippen LogP contribution in [-0.2, 0) is 6.54 Å². The number of carbonyl (C=O) groups excluding carboxylic acids is 2. The maximum absolute atomic E-state index is 12.5. The van der Waals surface area contributed by atoms with Crippen molar-refractivity contribution in [1.29, 1.82) is 0 Å². The van der Waals surface area contributed by atoms with E-state index in [4.69, 9.17) is 0 Å². The Balaban J connectivity index is 1.85. The molecule has 2 aromatic carbocycles. The van der Waals surface area contributed by atoms with Gasteiger partial charge in [0.05, 0.1) is 34.0 Å². The number of aryl methyl sites for hydroxylation is 1. The topological polar surface area (TPSA) is 72.3 Å². The average molecular weight is 319 g/mol. The molecule has 0 saturated heterocycles. The fourth-order valence-corrected chi connectivity index (χ4v) is 2.93. The summed E-state index contributed by atoms with van der Waals surface area (Å²) < 4.78 is 1.50. The summed E-state index contributed by atoms with van der Waals surface area (Å²) in [5.41, 5.74) is 1.50. The minimum absolute atomic E-state index is 0.142. The van der Waals surface area contributed by atoms with Crippen molar-refractivity contribution in [1.82, 2.24) is 9.55 Å². The van der Waals surface area contributed by atoms with Crippen LogP contribution in [0.25, 0.3) is 10.9 Å². The van der Waals surface area contributed by atoms with Crippen LogP contribution in [0.15, 0.2) is 53.6 Å². The fraction of sp³-hybridized carbons (Fsp3) is 0.111. The van der Waals surface area contributed by atoms with Crippen LogP contribution in [0, 0.1) is 0 Å². The number of imide groups is 1. The summed E-state index contributed by atoms with van der Waals surface area (Å²) >= 11 is 0. The van der Waals surface area contributed by atoms with Crippen molar-refractivity contribution in [2.75, 3.05) is 4.90 Å². The van der Waals surface area contributed by atoms with Crippen molar-refractivity contribution in [3.8, 4) is 0 Å². The van der Waals surface area contributed by atoms with Crippen LogP contribution in [0.2, 0.25) is 0 Å². The second-order valence-electron chi connectivity index (χ2n) is 5.53. The summed E-state index contributed by atoms with van der Waals surface area (Å²) in [6.07, 6.45) is 1.47. The zero-order chi connectivity index (χ0) is 16.8. The van der Waals surface area contributed by atoms with Crippen LogP contribution in [-0.4, -0.2) is 21.4 Å². The molecule has 6 heteroatoms. The Kier molecular flexibility index (Phi) is 3.06. The molecule has 1 aliphatic heterocycles. The Hall–Kier alpha value is -3.28. The largest absolute Gasteiger partial charge is 0.299 e. The van der Waals surface area contributed by atoms with Gasteiger partial charge >= 0.3 is 0 Å². The van der Waals surface area contributed by atoms with Gasteiger partial charge in [-0.05, 0) is 37.3 Å². The Bertz CT molecular complexity index is 1030. The molecule has 2 amide bonds. The summed E-state index contributed by atoms with van der Waals surface area (Å²) in [5.74, 6) is -0.728. The van der Waals surface area contributed by atoms with Gasteiger partial charge in [0.15, 0.2) is 0 Å². The van der Waals surface area contributed by atoms with Crippen molar-refractivity contribution < 1.29 is 9.59 Å². The smallest absolute Gasteiger partial charge is 0.266 e.